The molecule has 0 unspecified atom stereocenters. The third-order valence-electron chi connectivity index (χ3n) is 3.61. The highest BCUT2D eigenvalue weighted by molar-refractivity contribution is 5.59. The van der Waals surface area contributed by atoms with Crippen LogP contribution >= 0.6 is 0 Å². The molecule has 0 aliphatic carbocycles. The Labute approximate surface area is 136 Å². The molecule has 2 aromatic rings. The maximum Gasteiger partial charge on any atom is 0.153 e. The summed E-state index contributed by atoms with van der Waals surface area (Å²) in [4.78, 5) is 2.09. The lowest BCUT2D eigenvalue weighted by Gasteiger charge is -2.21. The van der Waals surface area contributed by atoms with E-state index in [9.17, 15) is 0 Å². The van der Waals surface area contributed by atoms with Gasteiger partial charge >= 0.3 is 0 Å². The van der Waals surface area contributed by atoms with Crippen LogP contribution in [0.1, 0.15) is 12.0 Å². The lowest BCUT2D eigenvalue weighted by Crippen LogP contribution is -2.17. The van der Waals surface area contributed by atoms with E-state index < -0.39 is 6.29 Å². The van der Waals surface area contributed by atoms with E-state index in [2.05, 4.69) is 10.2 Å². The molecule has 6 nitrogen and oxygen atoms in total. The Bertz CT molecular complexity index is 629. The van der Waals surface area contributed by atoms with Gasteiger partial charge in [0.25, 0.3) is 0 Å². The number of hydrogen-bond acceptors (Lipinski definition) is 6. The van der Waals surface area contributed by atoms with E-state index in [-0.39, 0.29) is 6.42 Å². The van der Waals surface area contributed by atoms with E-state index in [1.54, 1.807) is 6.07 Å². The number of nitrogens with one attached hydrogen (secondary N) is 1. The Balaban J connectivity index is 1.97. The van der Waals surface area contributed by atoms with Crippen molar-refractivity contribution in [2.24, 2.45) is 0 Å². The maximum atomic E-state index is 8.82. The fourth-order valence-electron chi connectivity index (χ4n) is 2.29. The molecule has 0 aliphatic rings. The molecule has 2 rings (SSSR count). The number of aliphatic hydroxyl groups is 2. The smallest absolute Gasteiger partial charge is 0.153 e. The fourth-order valence-corrected chi connectivity index (χ4v) is 2.29. The van der Waals surface area contributed by atoms with Crippen molar-refractivity contribution in [3.8, 4) is 0 Å². The van der Waals surface area contributed by atoms with Gasteiger partial charge in [-0.05, 0) is 48.0 Å². The van der Waals surface area contributed by atoms with Gasteiger partial charge in [-0.3, -0.25) is 0 Å². The normalized spacial score (nSPS) is 10.8. The van der Waals surface area contributed by atoms with Gasteiger partial charge < -0.3 is 31.9 Å². The summed E-state index contributed by atoms with van der Waals surface area (Å²) in [6.45, 7) is 1.17. The number of nitrogen functional groups attached to an aromatic ring is 2. The fraction of sp³-hybridized carbons (Fsp3) is 0.294. The summed E-state index contributed by atoms with van der Waals surface area (Å²) in [5.74, 6) is 0. The molecule has 2 aromatic carbocycles. The van der Waals surface area contributed by atoms with E-state index >= 15 is 0 Å². The molecule has 7 N–H and O–H groups in total. The molecule has 0 bridgehead atoms. The Hall–Kier alpha value is -2.44. The summed E-state index contributed by atoms with van der Waals surface area (Å²) in [6.07, 6.45) is -0.993. The van der Waals surface area contributed by atoms with Crippen LogP contribution in [0.25, 0.3) is 0 Å². The second-order valence-electron chi connectivity index (χ2n) is 5.56. The van der Waals surface area contributed by atoms with Gasteiger partial charge in [0, 0.05) is 49.3 Å². The molecule has 0 saturated heterocycles. The van der Waals surface area contributed by atoms with Crippen LogP contribution in [0.15, 0.2) is 42.5 Å². The molecule has 0 aromatic heterocycles. The second kappa shape index (κ2) is 7.71. The minimum atomic E-state index is -1.28. The van der Waals surface area contributed by atoms with Crippen LogP contribution in [0, 0.1) is 0 Å². The van der Waals surface area contributed by atoms with Crippen molar-refractivity contribution in [2.75, 3.05) is 35.3 Å². The maximum absolute atomic E-state index is 8.82. The minimum Gasteiger partial charge on any atom is -0.399 e. The van der Waals surface area contributed by atoms with Crippen LogP contribution in [0.5, 0.6) is 0 Å². The highest BCUT2D eigenvalue weighted by Gasteiger charge is 2.06. The molecule has 0 aliphatic heterocycles. The monoisotopic (exact) mass is 316 g/mol. The van der Waals surface area contributed by atoms with E-state index in [1.807, 2.05) is 43.4 Å². The zero-order valence-electron chi connectivity index (χ0n) is 13.2. The highest BCUT2D eigenvalue weighted by Crippen LogP contribution is 2.22. The molecule has 0 saturated carbocycles. The zero-order chi connectivity index (χ0) is 16.8. The third kappa shape index (κ3) is 5.05. The average Bonchev–Trinajstić information content (AvgIpc) is 2.51. The van der Waals surface area contributed by atoms with Crippen molar-refractivity contribution in [1.82, 2.24) is 0 Å². The van der Waals surface area contributed by atoms with Crippen molar-refractivity contribution in [3.63, 3.8) is 0 Å². The summed E-state index contributed by atoms with van der Waals surface area (Å²) in [6, 6.07) is 13.4. The number of benzene rings is 2. The SMILES string of the molecule is CN(Cc1cc(N)ccc1N)c1ccc(NCCC(O)O)cc1. The van der Waals surface area contributed by atoms with Crippen molar-refractivity contribution in [1.29, 1.82) is 0 Å². The number of nitrogens with zero attached hydrogens (tertiary/aromatic N) is 1. The molecular formula is C17H24N4O2. The van der Waals surface area contributed by atoms with E-state index in [0.29, 0.717) is 18.8 Å². The first-order valence-electron chi connectivity index (χ1n) is 7.51. The number of rotatable bonds is 7. The standard InChI is InChI=1S/C17H24N4O2/c1-21(11-12-10-13(18)2-7-16(12)19)15-5-3-14(4-6-15)20-9-8-17(22)23/h2-7,10,17,20,22-23H,8-9,11,18-19H2,1H3. The zero-order valence-corrected chi connectivity index (χ0v) is 13.2. The van der Waals surface area contributed by atoms with Crippen LogP contribution in [0.2, 0.25) is 0 Å². The van der Waals surface area contributed by atoms with Crippen LogP contribution < -0.4 is 21.7 Å². The van der Waals surface area contributed by atoms with E-state index in [1.165, 1.54) is 0 Å². The topological polar surface area (TPSA) is 108 Å². The number of nitrogens with two attached hydrogens (primary N) is 2. The van der Waals surface area contributed by atoms with Crippen LogP contribution in [0.4, 0.5) is 22.7 Å². The van der Waals surface area contributed by atoms with Crippen LogP contribution in [-0.4, -0.2) is 30.1 Å². The average molecular weight is 316 g/mol. The van der Waals surface area contributed by atoms with Crippen molar-refractivity contribution >= 4 is 22.7 Å². The van der Waals surface area contributed by atoms with Gasteiger partial charge in [-0.15, -0.1) is 0 Å². The first-order valence-corrected chi connectivity index (χ1v) is 7.51. The molecule has 124 valence electrons. The number of anilines is 4. The van der Waals surface area contributed by atoms with Crippen LogP contribution in [-0.2, 0) is 6.54 Å². The predicted octanol–water partition coefficient (Wildman–Crippen LogP) is 1.60. The molecule has 0 fully saturated rings. The predicted molar refractivity (Wildman–Crippen MR) is 95.1 cm³/mol. The Morgan fingerprint density at radius 3 is 2.43 bits per heavy atom. The molecule has 6 heteroatoms. The summed E-state index contributed by atoms with van der Waals surface area (Å²) < 4.78 is 0. The lowest BCUT2D eigenvalue weighted by molar-refractivity contribution is -0.0423. The Morgan fingerprint density at radius 2 is 1.78 bits per heavy atom. The summed E-state index contributed by atoms with van der Waals surface area (Å²) >= 11 is 0. The van der Waals surface area contributed by atoms with Gasteiger partial charge in [-0.2, -0.15) is 0 Å². The molecule has 0 atom stereocenters. The van der Waals surface area contributed by atoms with Gasteiger partial charge in [-0.1, -0.05) is 0 Å². The molecule has 0 amide bonds. The van der Waals surface area contributed by atoms with E-state index in [0.717, 1.165) is 22.6 Å². The minimum absolute atomic E-state index is 0.288. The third-order valence-corrected chi connectivity index (χ3v) is 3.61. The van der Waals surface area contributed by atoms with Gasteiger partial charge in [0.05, 0.1) is 0 Å². The van der Waals surface area contributed by atoms with Gasteiger partial charge in [0.15, 0.2) is 6.29 Å². The molecular weight excluding hydrogens is 292 g/mol. The molecule has 0 radical (unpaired) electrons. The summed E-state index contributed by atoms with van der Waals surface area (Å²) in [5, 5.41) is 20.8. The van der Waals surface area contributed by atoms with Gasteiger partial charge in [0.2, 0.25) is 0 Å². The first kappa shape index (κ1) is 16.9. The van der Waals surface area contributed by atoms with Crippen molar-refractivity contribution in [3.05, 3.63) is 48.0 Å². The molecule has 0 heterocycles. The largest absolute Gasteiger partial charge is 0.399 e. The molecule has 23 heavy (non-hydrogen) atoms. The lowest BCUT2D eigenvalue weighted by atomic mass is 10.1. The summed E-state index contributed by atoms with van der Waals surface area (Å²) in [7, 11) is 1.99. The van der Waals surface area contributed by atoms with Crippen LogP contribution in [0.3, 0.4) is 0 Å². The Morgan fingerprint density at radius 1 is 1.09 bits per heavy atom. The number of aliphatic hydroxyl groups excluding tert-OH is 1. The van der Waals surface area contributed by atoms with Crippen molar-refractivity contribution in [2.45, 2.75) is 19.3 Å². The van der Waals surface area contributed by atoms with Gasteiger partial charge in [-0.25, -0.2) is 0 Å². The molecule has 0 spiro atoms. The Kier molecular flexibility index (Phi) is 5.67. The van der Waals surface area contributed by atoms with Crippen molar-refractivity contribution < 1.29 is 10.2 Å². The van der Waals surface area contributed by atoms with E-state index in [4.69, 9.17) is 21.7 Å². The highest BCUT2D eigenvalue weighted by atomic mass is 16.5. The van der Waals surface area contributed by atoms with Gasteiger partial charge in [0.1, 0.15) is 0 Å². The first-order chi connectivity index (χ1) is 11.0. The number of hydrogen-bond donors (Lipinski definition) is 5. The second-order valence-corrected chi connectivity index (χ2v) is 5.56. The quantitative estimate of drug-likeness (QED) is 0.392. The summed E-state index contributed by atoms with van der Waals surface area (Å²) in [5.41, 5.74) is 16.2.